The van der Waals surface area contributed by atoms with E-state index in [0.29, 0.717) is 5.41 Å². The van der Waals surface area contributed by atoms with Crippen LogP contribution in [0.25, 0.3) is 0 Å². The van der Waals surface area contributed by atoms with Crippen LogP contribution in [0.15, 0.2) is 6.20 Å². The Morgan fingerprint density at radius 1 is 1.56 bits per heavy atom. The van der Waals surface area contributed by atoms with Crippen LogP contribution in [0.3, 0.4) is 0 Å². The molecule has 1 aliphatic carbocycles. The third kappa shape index (κ3) is 2.61. The van der Waals surface area contributed by atoms with Gasteiger partial charge in [0, 0.05) is 6.04 Å². The molecule has 0 bridgehead atoms. The summed E-state index contributed by atoms with van der Waals surface area (Å²) in [6.45, 7) is 4.44. The van der Waals surface area contributed by atoms with Gasteiger partial charge in [0.15, 0.2) is 11.6 Å². The third-order valence-corrected chi connectivity index (χ3v) is 3.21. The molecule has 1 aromatic heterocycles. The lowest BCUT2D eigenvalue weighted by atomic mass is 9.92. The van der Waals surface area contributed by atoms with Crippen molar-refractivity contribution >= 4 is 17.4 Å². The van der Waals surface area contributed by atoms with Gasteiger partial charge in [-0.05, 0) is 36.3 Å². The zero-order chi connectivity index (χ0) is 11.8. The highest BCUT2D eigenvalue weighted by Gasteiger charge is 2.31. The number of hydrogen-bond donors (Lipinski definition) is 1. The Kier molecular flexibility index (Phi) is 3.02. The van der Waals surface area contributed by atoms with E-state index >= 15 is 0 Å². The maximum Gasteiger partial charge on any atom is 0.224 e. The Hall–Kier alpha value is -0.900. The minimum atomic E-state index is -0.450. The van der Waals surface area contributed by atoms with Gasteiger partial charge in [-0.3, -0.25) is 0 Å². The number of nitrogens with one attached hydrogen (secondary N) is 1. The molecule has 1 aliphatic rings. The summed E-state index contributed by atoms with van der Waals surface area (Å²) in [5.41, 5.74) is 0.324. The van der Waals surface area contributed by atoms with E-state index < -0.39 is 5.82 Å². The summed E-state index contributed by atoms with van der Waals surface area (Å²) in [6.07, 6.45) is 4.30. The van der Waals surface area contributed by atoms with Gasteiger partial charge in [-0.25, -0.2) is 9.37 Å². The van der Waals surface area contributed by atoms with Crippen molar-refractivity contribution in [2.45, 2.75) is 39.2 Å². The Morgan fingerprint density at radius 2 is 2.31 bits per heavy atom. The number of rotatable bonds is 2. The van der Waals surface area contributed by atoms with Crippen LogP contribution in [-0.2, 0) is 0 Å². The van der Waals surface area contributed by atoms with Crippen molar-refractivity contribution in [2.24, 2.45) is 5.41 Å². The lowest BCUT2D eigenvalue weighted by Gasteiger charge is -2.18. The Balaban J connectivity index is 2.07. The molecule has 5 heteroatoms. The van der Waals surface area contributed by atoms with E-state index in [1.165, 1.54) is 0 Å². The average molecular weight is 244 g/mol. The van der Waals surface area contributed by atoms with Crippen LogP contribution in [0, 0.1) is 11.2 Å². The smallest absolute Gasteiger partial charge is 0.224 e. The highest BCUT2D eigenvalue weighted by atomic mass is 35.5. The molecule has 0 amide bonds. The van der Waals surface area contributed by atoms with E-state index in [1.54, 1.807) is 0 Å². The summed E-state index contributed by atoms with van der Waals surface area (Å²) in [5.74, 6) is -0.239. The summed E-state index contributed by atoms with van der Waals surface area (Å²) in [5, 5.41) is 3.17. The lowest BCUT2D eigenvalue weighted by molar-refractivity contribution is 0.378. The van der Waals surface area contributed by atoms with Crippen LogP contribution in [0.5, 0.6) is 0 Å². The first kappa shape index (κ1) is 11.6. The monoisotopic (exact) mass is 243 g/mol. The van der Waals surface area contributed by atoms with Gasteiger partial charge in [-0.15, -0.1) is 0 Å². The second-order valence-corrected chi connectivity index (χ2v) is 5.42. The standard InChI is InChI=1S/C11H15ClFN3/c1-11(2)4-3-7(5-11)15-9-8(13)6-14-10(12)16-9/h6-7H,3-5H2,1-2H3,(H,14,15,16). The first-order valence-electron chi connectivity index (χ1n) is 5.41. The van der Waals surface area contributed by atoms with E-state index in [4.69, 9.17) is 11.6 Å². The molecule has 3 nitrogen and oxygen atoms in total. The molecule has 16 heavy (non-hydrogen) atoms. The average Bonchev–Trinajstić information content (AvgIpc) is 2.52. The molecule has 1 aromatic rings. The van der Waals surface area contributed by atoms with Crippen LogP contribution >= 0.6 is 11.6 Å². The molecule has 1 heterocycles. The molecule has 88 valence electrons. The van der Waals surface area contributed by atoms with Crippen molar-refractivity contribution in [2.75, 3.05) is 5.32 Å². The third-order valence-electron chi connectivity index (χ3n) is 3.02. The van der Waals surface area contributed by atoms with Crippen LogP contribution in [0.2, 0.25) is 5.28 Å². The molecule has 1 atom stereocenters. The molecule has 0 aliphatic heterocycles. The topological polar surface area (TPSA) is 37.8 Å². The molecular weight excluding hydrogens is 229 g/mol. The lowest BCUT2D eigenvalue weighted by Crippen LogP contribution is -2.19. The number of hydrogen-bond acceptors (Lipinski definition) is 3. The maximum atomic E-state index is 13.4. The highest BCUT2D eigenvalue weighted by molar-refractivity contribution is 6.28. The fourth-order valence-electron chi connectivity index (χ4n) is 2.20. The molecule has 1 unspecified atom stereocenters. The second-order valence-electron chi connectivity index (χ2n) is 5.08. The van der Waals surface area contributed by atoms with Crippen molar-refractivity contribution in [1.29, 1.82) is 0 Å². The molecule has 1 N–H and O–H groups in total. The first-order chi connectivity index (χ1) is 7.46. The van der Waals surface area contributed by atoms with Gasteiger partial charge in [0.25, 0.3) is 0 Å². The number of nitrogens with zero attached hydrogens (tertiary/aromatic N) is 2. The number of anilines is 1. The minimum Gasteiger partial charge on any atom is -0.365 e. The highest BCUT2D eigenvalue weighted by Crippen LogP contribution is 2.38. The zero-order valence-electron chi connectivity index (χ0n) is 9.43. The van der Waals surface area contributed by atoms with E-state index in [1.807, 2.05) is 0 Å². The molecule has 1 fully saturated rings. The Bertz CT molecular complexity index is 395. The summed E-state index contributed by atoms with van der Waals surface area (Å²) >= 11 is 5.63. The Labute approximate surface area is 99.4 Å². The van der Waals surface area contributed by atoms with Crippen LogP contribution in [-0.4, -0.2) is 16.0 Å². The molecule has 0 radical (unpaired) electrons. The fourth-order valence-corrected chi connectivity index (χ4v) is 2.33. The van der Waals surface area contributed by atoms with Crippen LogP contribution in [0.4, 0.5) is 10.2 Å². The van der Waals surface area contributed by atoms with Gasteiger partial charge >= 0.3 is 0 Å². The van der Waals surface area contributed by atoms with Crippen molar-refractivity contribution < 1.29 is 4.39 Å². The summed E-state index contributed by atoms with van der Waals surface area (Å²) in [7, 11) is 0. The number of halogens is 2. The van der Waals surface area contributed by atoms with Crippen LogP contribution in [0.1, 0.15) is 33.1 Å². The van der Waals surface area contributed by atoms with E-state index in [2.05, 4.69) is 29.1 Å². The molecule has 0 saturated heterocycles. The summed E-state index contributed by atoms with van der Waals surface area (Å²) in [6, 6.07) is 0.274. The van der Waals surface area contributed by atoms with Crippen LogP contribution < -0.4 is 5.32 Å². The van der Waals surface area contributed by atoms with E-state index in [-0.39, 0.29) is 17.1 Å². The second kappa shape index (κ2) is 4.17. The van der Waals surface area contributed by atoms with Gasteiger partial charge < -0.3 is 5.32 Å². The SMILES string of the molecule is CC1(C)CCC(Nc2nc(Cl)ncc2F)C1. The van der Waals surface area contributed by atoms with Gasteiger partial charge in [0.1, 0.15) is 0 Å². The quantitative estimate of drug-likeness (QED) is 0.811. The van der Waals surface area contributed by atoms with Crippen molar-refractivity contribution in [3.05, 3.63) is 17.3 Å². The molecule has 0 spiro atoms. The number of aromatic nitrogens is 2. The first-order valence-corrected chi connectivity index (χ1v) is 5.79. The fraction of sp³-hybridized carbons (Fsp3) is 0.636. The Morgan fingerprint density at radius 3 is 2.94 bits per heavy atom. The molecule has 1 saturated carbocycles. The summed E-state index contributed by atoms with van der Waals surface area (Å²) in [4.78, 5) is 7.43. The molecular formula is C11H15ClFN3. The van der Waals surface area contributed by atoms with Gasteiger partial charge in [-0.1, -0.05) is 13.8 Å². The maximum absolute atomic E-state index is 13.4. The van der Waals surface area contributed by atoms with Crippen molar-refractivity contribution in [1.82, 2.24) is 9.97 Å². The molecule has 2 rings (SSSR count). The van der Waals surface area contributed by atoms with Gasteiger partial charge in [-0.2, -0.15) is 4.98 Å². The molecule has 0 aromatic carbocycles. The van der Waals surface area contributed by atoms with Crippen molar-refractivity contribution in [3.8, 4) is 0 Å². The normalized spacial score (nSPS) is 23.4. The van der Waals surface area contributed by atoms with Gasteiger partial charge in [0.2, 0.25) is 5.28 Å². The minimum absolute atomic E-state index is 0.0705. The predicted octanol–water partition coefficient (Wildman–Crippen LogP) is 3.26. The summed E-state index contributed by atoms with van der Waals surface area (Å²) < 4.78 is 13.4. The predicted molar refractivity (Wildman–Crippen MR) is 62.0 cm³/mol. The van der Waals surface area contributed by atoms with Gasteiger partial charge in [0.05, 0.1) is 6.20 Å². The van der Waals surface area contributed by atoms with Crippen molar-refractivity contribution in [3.63, 3.8) is 0 Å². The largest absolute Gasteiger partial charge is 0.365 e. The van der Waals surface area contributed by atoms with E-state index in [0.717, 1.165) is 25.5 Å². The van der Waals surface area contributed by atoms with E-state index in [9.17, 15) is 4.39 Å². The zero-order valence-corrected chi connectivity index (χ0v) is 10.2.